The third-order valence-electron chi connectivity index (χ3n) is 1.53. The fourth-order valence-corrected chi connectivity index (χ4v) is 0.895. The van der Waals surface area contributed by atoms with Crippen LogP contribution in [0.3, 0.4) is 0 Å². The molecule has 0 rings (SSSR count). The lowest BCUT2D eigenvalue weighted by molar-refractivity contribution is -0.144. The summed E-state index contributed by atoms with van der Waals surface area (Å²) in [5.41, 5.74) is 0. The minimum absolute atomic E-state index is 0.216. The van der Waals surface area contributed by atoms with Crippen LogP contribution in [0, 0.1) is 0 Å². The maximum absolute atomic E-state index is 11.0. The van der Waals surface area contributed by atoms with Crippen molar-refractivity contribution in [1.82, 2.24) is 0 Å². The van der Waals surface area contributed by atoms with Crippen LogP contribution in [0.15, 0.2) is 10.3 Å². The molecule has 0 unspecified atom stereocenters. The van der Waals surface area contributed by atoms with E-state index in [1.54, 1.807) is 0 Å². The van der Waals surface area contributed by atoms with E-state index in [4.69, 9.17) is 23.2 Å². The third kappa shape index (κ3) is 8.03. The molecule has 0 aromatic heterocycles. The Labute approximate surface area is 115 Å². The predicted molar refractivity (Wildman–Crippen MR) is 68.6 cm³/mol. The second-order valence-corrected chi connectivity index (χ2v) is 3.91. The first-order valence-corrected chi connectivity index (χ1v) is 6.13. The number of oxime groups is 2. The molecule has 0 radical (unpaired) electrons. The zero-order valence-corrected chi connectivity index (χ0v) is 11.6. The minimum Gasteiger partial charge on any atom is -0.317 e. The van der Waals surface area contributed by atoms with Gasteiger partial charge in [0.15, 0.2) is 0 Å². The third-order valence-corrected chi connectivity index (χ3v) is 2.13. The van der Waals surface area contributed by atoms with Crippen LogP contribution in [0.4, 0.5) is 0 Å². The van der Waals surface area contributed by atoms with Gasteiger partial charge < -0.3 is 9.68 Å². The van der Waals surface area contributed by atoms with Crippen molar-refractivity contribution in [3.8, 4) is 0 Å². The second kappa shape index (κ2) is 9.85. The molecule has 0 bridgehead atoms. The Balaban J connectivity index is 4.26. The molecule has 0 aliphatic heterocycles. The fourth-order valence-electron chi connectivity index (χ4n) is 0.757. The van der Waals surface area contributed by atoms with Gasteiger partial charge in [-0.15, -0.1) is 0 Å². The number of rotatable bonds is 7. The Hall–Kier alpha value is -1.14. The molecule has 0 amide bonds. The van der Waals surface area contributed by atoms with Crippen molar-refractivity contribution >= 4 is 45.5 Å². The van der Waals surface area contributed by atoms with E-state index in [2.05, 4.69) is 20.0 Å². The summed E-state index contributed by atoms with van der Waals surface area (Å²) in [7, 11) is 0. The van der Waals surface area contributed by atoms with E-state index in [9.17, 15) is 9.59 Å². The van der Waals surface area contributed by atoms with E-state index < -0.39 is 11.9 Å². The van der Waals surface area contributed by atoms with E-state index in [0.29, 0.717) is 12.8 Å². The van der Waals surface area contributed by atoms with Crippen LogP contribution in [0.25, 0.3) is 0 Å². The molecule has 8 heteroatoms. The largest absolute Gasteiger partial charge is 0.335 e. The minimum atomic E-state index is -0.539. The van der Waals surface area contributed by atoms with E-state index in [1.165, 1.54) is 0 Å². The molecule has 0 atom stereocenters. The van der Waals surface area contributed by atoms with Crippen LogP contribution in [-0.4, -0.2) is 22.3 Å². The van der Waals surface area contributed by atoms with Crippen molar-refractivity contribution < 1.29 is 19.3 Å². The Kier molecular flexibility index (Phi) is 9.22. The SMILES string of the molecule is CCCC(=O)ON=C(Cl)C(Cl)=NOC(=O)CCC. The number of hydrogen-bond donors (Lipinski definition) is 0. The van der Waals surface area contributed by atoms with Gasteiger partial charge in [0.05, 0.1) is 0 Å². The summed E-state index contributed by atoms with van der Waals surface area (Å²) in [5.74, 6) is -1.08. The fraction of sp³-hybridized carbons (Fsp3) is 0.600. The van der Waals surface area contributed by atoms with Crippen molar-refractivity contribution in [2.24, 2.45) is 10.3 Å². The molecule has 0 fully saturated rings. The van der Waals surface area contributed by atoms with Gasteiger partial charge in [0.1, 0.15) is 0 Å². The van der Waals surface area contributed by atoms with E-state index in [1.807, 2.05) is 13.8 Å². The molecule has 0 aliphatic rings. The molecule has 0 spiro atoms. The van der Waals surface area contributed by atoms with Gasteiger partial charge in [-0.3, -0.25) is 0 Å². The van der Waals surface area contributed by atoms with Crippen LogP contribution in [-0.2, 0) is 19.3 Å². The zero-order chi connectivity index (χ0) is 14.0. The van der Waals surface area contributed by atoms with Crippen molar-refractivity contribution in [3.05, 3.63) is 0 Å². The van der Waals surface area contributed by atoms with E-state index in [-0.39, 0.29) is 23.2 Å². The highest BCUT2D eigenvalue weighted by molar-refractivity contribution is 7.00. The molecular weight excluding hydrogens is 283 g/mol. The highest BCUT2D eigenvalue weighted by atomic mass is 35.5. The number of carbonyl (C=O) groups excluding carboxylic acids is 2. The highest BCUT2D eigenvalue weighted by Gasteiger charge is 2.08. The molecule has 0 N–H and O–H groups in total. The standard InChI is InChI=1S/C10H14Cl2N2O4/c1-3-5-7(15)17-13-9(11)10(12)14-18-8(16)6-4-2/h3-6H2,1-2H3. The monoisotopic (exact) mass is 296 g/mol. The molecule has 0 aromatic rings. The molecule has 0 aliphatic carbocycles. The summed E-state index contributed by atoms with van der Waals surface area (Å²) in [4.78, 5) is 30.8. The van der Waals surface area contributed by atoms with Gasteiger partial charge in [0.2, 0.25) is 10.3 Å². The number of halogens is 2. The van der Waals surface area contributed by atoms with E-state index >= 15 is 0 Å². The van der Waals surface area contributed by atoms with Crippen LogP contribution >= 0.6 is 23.2 Å². The first kappa shape index (κ1) is 16.9. The molecule has 0 aromatic carbocycles. The molecule has 0 saturated carbocycles. The summed E-state index contributed by atoms with van der Waals surface area (Å²) in [6.45, 7) is 3.63. The van der Waals surface area contributed by atoms with Gasteiger partial charge >= 0.3 is 11.9 Å². The summed E-state index contributed by atoms with van der Waals surface area (Å²) < 4.78 is 0. The van der Waals surface area contributed by atoms with Crippen molar-refractivity contribution in [1.29, 1.82) is 0 Å². The van der Waals surface area contributed by atoms with Gasteiger partial charge in [-0.1, -0.05) is 47.4 Å². The summed E-state index contributed by atoms with van der Waals surface area (Å²) in [5, 5.41) is 5.75. The Morgan fingerprint density at radius 2 is 1.22 bits per heavy atom. The molecule has 102 valence electrons. The molecular formula is C10H14Cl2N2O4. The van der Waals surface area contributed by atoms with Gasteiger partial charge in [0.25, 0.3) is 0 Å². The van der Waals surface area contributed by atoms with Crippen LogP contribution in [0.1, 0.15) is 39.5 Å². The number of nitrogens with zero attached hydrogens (tertiary/aromatic N) is 2. The molecule has 18 heavy (non-hydrogen) atoms. The van der Waals surface area contributed by atoms with E-state index in [0.717, 1.165) is 0 Å². The second-order valence-electron chi connectivity index (χ2n) is 3.19. The van der Waals surface area contributed by atoms with Crippen LogP contribution in [0.2, 0.25) is 0 Å². The van der Waals surface area contributed by atoms with Crippen LogP contribution in [0.5, 0.6) is 0 Å². The Morgan fingerprint density at radius 3 is 1.50 bits per heavy atom. The molecule has 0 heterocycles. The summed E-state index contributed by atoms with van der Waals surface area (Å²) >= 11 is 11.1. The Morgan fingerprint density at radius 1 is 0.889 bits per heavy atom. The maximum atomic E-state index is 11.0. The predicted octanol–water partition coefficient (Wildman–Crippen LogP) is 2.78. The Bertz CT molecular complexity index is 322. The zero-order valence-electron chi connectivity index (χ0n) is 10.1. The van der Waals surface area contributed by atoms with Crippen LogP contribution < -0.4 is 0 Å². The first-order valence-electron chi connectivity index (χ1n) is 5.38. The lowest BCUT2D eigenvalue weighted by Gasteiger charge is -1.97. The van der Waals surface area contributed by atoms with Gasteiger partial charge in [-0.2, -0.15) is 0 Å². The number of hydrogen-bond acceptors (Lipinski definition) is 6. The maximum Gasteiger partial charge on any atom is 0.335 e. The lowest BCUT2D eigenvalue weighted by atomic mass is 10.3. The van der Waals surface area contributed by atoms with Gasteiger partial charge in [0, 0.05) is 12.8 Å². The van der Waals surface area contributed by atoms with Gasteiger partial charge in [-0.05, 0) is 12.8 Å². The molecule has 6 nitrogen and oxygen atoms in total. The van der Waals surface area contributed by atoms with Crippen molar-refractivity contribution in [2.45, 2.75) is 39.5 Å². The smallest absolute Gasteiger partial charge is 0.317 e. The summed E-state index contributed by atoms with van der Waals surface area (Å²) in [6.07, 6.45) is 1.69. The number of carbonyl (C=O) groups is 2. The normalized spacial score (nSPS) is 12.2. The average Bonchev–Trinajstić information content (AvgIpc) is 2.33. The summed E-state index contributed by atoms with van der Waals surface area (Å²) in [6, 6.07) is 0. The molecule has 0 saturated heterocycles. The quantitative estimate of drug-likeness (QED) is 0.411. The topological polar surface area (TPSA) is 77.3 Å². The first-order chi connectivity index (χ1) is 8.51. The van der Waals surface area contributed by atoms with Crippen molar-refractivity contribution in [3.63, 3.8) is 0 Å². The van der Waals surface area contributed by atoms with Gasteiger partial charge in [-0.25, -0.2) is 9.59 Å². The van der Waals surface area contributed by atoms with Crippen molar-refractivity contribution in [2.75, 3.05) is 0 Å². The lowest BCUT2D eigenvalue weighted by Crippen LogP contribution is -2.07. The highest BCUT2D eigenvalue weighted by Crippen LogP contribution is 2.01. The average molecular weight is 297 g/mol.